The van der Waals surface area contributed by atoms with E-state index in [9.17, 15) is 20.1 Å². The first-order valence-corrected chi connectivity index (χ1v) is 16.4. The Kier molecular flexibility index (Phi) is 7.77. The maximum Gasteiger partial charge on any atom is 0.338 e. The zero-order valence-electron chi connectivity index (χ0n) is 27.8. The van der Waals surface area contributed by atoms with Gasteiger partial charge in [-0.05, 0) is 37.1 Å². The fourth-order valence-corrected chi connectivity index (χ4v) is 12.2. The SMILES string of the molecule is CCN1C[C@]2(COC)[C@H](O)C[C@H](OC)[C@]34C1[C@H]([C@H](OC)[C@H]23)[C@@]1(O)C[C@H](OC)[C@@]2(O)C[C@@H]4[C@@H]1[C@H]2OC(=O)c1ccc(OC)c(OC)c1. The summed E-state index contributed by atoms with van der Waals surface area (Å²) in [6.07, 6.45) is -2.69. The number of piperidine rings is 1. The van der Waals surface area contributed by atoms with Crippen molar-refractivity contribution >= 4 is 5.97 Å². The van der Waals surface area contributed by atoms with Gasteiger partial charge in [0.15, 0.2) is 11.5 Å². The summed E-state index contributed by atoms with van der Waals surface area (Å²) in [6.45, 7) is 3.69. The number of benzene rings is 1. The second-order valence-corrected chi connectivity index (χ2v) is 14.5. The number of hydrogen-bond donors (Lipinski definition) is 3. The van der Waals surface area contributed by atoms with Crippen LogP contribution in [0.1, 0.15) is 36.5 Å². The van der Waals surface area contributed by atoms with Gasteiger partial charge in [-0.1, -0.05) is 6.92 Å². The molecule has 1 saturated heterocycles. The molecule has 46 heavy (non-hydrogen) atoms. The van der Waals surface area contributed by atoms with Gasteiger partial charge in [0, 0.05) is 82.5 Å². The maximum atomic E-state index is 13.9. The Bertz CT molecular complexity index is 1360. The number of nitrogens with zero attached hydrogens (tertiary/aromatic N) is 1. The van der Waals surface area contributed by atoms with Crippen LogP contribution in [0.5, 0.6) is 11.5 Å². The number of esters is 1. The van der Waals surface area contributed by atoms with Crippen molar-refractivity contribution in [3.05, 3.63) is 23.8 Å². The molecule has 0 radical (unpaired) electrons. The molecule has 1 aromatic carbocycles. The minimum atomic E-state index is -1.58. The number of fused-ring (bicyclic) bond motifs is 2. The van der Waals surface area contributed by atoms with E-state index in [1.54, 1.807) is 39.5 Å². The monoisotopic (exact) mass is 647 g/mol. The molecular weight excluding hydrogens is 598 g/mol. The van der Waals surface area contributed by atoms with Crippen LogP contribution in [0, 0.1) is 34.5 Å². The largest absolute Gasteiger partial charge is 0.493 e. The zero-order chi connectivity index (χ0) is 33.0. The van der Waals surface area contributed by atoms with Crippen molar-refractivity contribution in [1.29, 1.82) is 0 Å². The number of likely N-dealkylation sites (tertiary alicyclic amines) is 1. The molecule has 1 unspecified atom stereocenters. The van der Waals surface area contributed by atoms with Gasteiger partial charge in [-0.15, -0.1) is 0 Å². The number of methoxy groups -OCH3 is 6. The third-order valence-corrected chi connectivity index (χ3v) is 13.4. The number of carbonyl (C=O) groups is 1. The summed E-state index contributed by atoms with van der Waals surface area (Å²) >= 11 is 0. The molecule has 1 heterocycles. The molecule has 256 valence electrons. The van der Waals surface area contributed by atoms with Gasteiger partial charge in [-0.2, -0.15) is 0 Å². The van der Waals surface area contributed by atoms with E-state index in [0.29, 0.717) is 37.6 Å². The molecule has 3 N–H and O–H groups in total. The van der Waals surface area contributed by atoms with Gasteiger partial charge in [0.1, 0.15) is 11.7 Å². The Hall–Kier alpha value is -2.03. The predicted molar refractivity (Wildman–Crippen MR) is 163 cm³/mol. The Morgan fingerprint density at radius 3 is 2.26 bits per heavy atom. The molecule has 0 amide bonds. The summed E-state index contributed by atoms with van der Waals surface area (Å²) in [4.78, 5) is 16.3. The molecule has 5 aliphatic carbocycles. The van der Waals surface area contributed by atoms with Gasteiger partial charge in [0.2, 0.25) is 0 Å². The smallest absolute Gasteiger partial charge is 0.338 e. The fraction of sp³-hybridized carbons (Fsp3) is 0.794. The number of ether oxygens (including phenoxy) is 7. The number of rotatable bonds is 10. The highest BCUT2D eigenvalue weighted by molar-refractivity contribution is 5.90. The van der Waals surface area contributed by atoms with Crippen molar-refractivity contribution in [2.75, 3.05) is 62.4 Å². The third kappa shape index (κ3) is 3.70. The van der Waals surface area contributed by atoms with Crippen molar-refractivity contribution in [3.63, 3.8) is 0 Å². The molecule has 0 aromatic heterocycles. The van der Waals surface area contributed by atoms with Crippen LogP contribution in [-0.2, 0) is 23.7 Å². The van der Waals surface area contributed by atoms with Crippen molar-refractivity contribution < 1.29 is 53.3 Å². The predicted octanol–water partition coefficient (Wildman–Crippen LogP) is 1.12. The first-order chi connectivity index (χ1) is 22.0. The highest BCUT2D eigenvalue weighted by Crippen LogP contribution is 2.80. The molecule has 1 aliphatic heterocycles. The summed E-state index contributed by atoms with van der Waals surface area (Å²) in [5, 5.41) is 37.9. The van der Waals surface area contributed by atoms with E-state index >= 15 is 0 Å². The zero-order valence-corrected chi connectivity index (χ0v) is 27.8. The first-order valence-electron chi connectivity index (χ1n) is 16.4. The van der Waals surface area contributed by atoms with Crippen LogP contribution in [-0.4, -0.2) is 136 Å². The standard InChI is InChI=1S/C34H49NO11/c1-8-35-15-31(16-40-2)21(36)12-22(43-5)34-18-13-32(38)23(44-6)14-33(39,25(28(34)35)26(45-7)27(31)34)24(18)29(32)46-30(37)17-9-10-19(41-3)20(11-17)42-4/h9-11,18,21-29,36,38-39H,8,12-16H2,1-7H3/t18-,21-,22+,23+,24-,25+,26+,27-,28?,29-,31+,32+,33-,34+/m1/s1. The highest BCUT2D eigenvalue weighted by Gasteiger charge is 2.89. The lowest BCUT2D eigenvalue weighted by atomic mass is 9.42. The number of carbonyl (C=O) groups excluding carboxylic acids is 1. The average molecular weight is 648 g/mol. The van der Waals surface area contributed by atoms with Gasteiger partial charge >= 0.3 is 5.97 Å². The lowest BCUT2D eigenvalue weighted by Gasteiger charge is -2.70. The van der Waals surface area contributed by atoms with E-state index in [2.05, 4.69) is 11.8 Å². The van der Waals surface area contributed by atoms with Gasteiger partial charge < -0.3 is 48.5 Å². The molecule has 7 rings (SSSR count). The molecule has 1 spiro atoms. The Balaban J connectivity index is 1.41. The molecule has 14 atom stereocenters. The third-order valence-electron chi connectivity index (χ3n) is 13.4. The number of aliphatic hydroxyl groups excluding tert-OH is 1. The summed E-state index contributed by atoms with van der Waals surface area (Å²) in [6, 6.07) is 4.61. The summed E-state index contributed by atoms with van der Waals surface area (Å²) in [5.41, 5.74) is -4.12. The van der Waals surface area contributed by atoms with Crippen LogP contribution in [0.2, 0.25) is 0 Å². The second-order valence-electron chi connectivity index (χ2n) is 14.5. The average Bonchev–Trinajstić information content (AvgIpc) is 3.44. The van der Waals surface area contributed by atoms with Crippen LogP contribution in [0.4, 0.5) is 0 Å². The summed E-state index contributed by atoms with van der Waals surface area (Å²) in [5.74, 6) is -1.47. The molecular formula is C34H49NO11. The number of aliphatic hydroxyl groups is 3. The highest BCUT2D eigenvalue weighted by atomic mass is 16.6. The minimum Gasteiger partial charge on any atom is -0.493 e. The van der Waals surface area contributed by atoms with E-state index in [1.807, 2.05) is 0 Å². The normalized spacial score (nSPS) is 48.3. The van der Waals surface area contributed by atoms with Gasteiger partial charge in [0.05, 0.1) is 56.4 Å². The van der Waals surface area contributed by atoms with Crippen LogP contribution < -0.4 is 9.47 Å². The molecule has 12 nitrogen and oxygen atoms in total. The van der Waals surface area contributed by atoms with Crippen LogP contribution in [0.15, 0.2) is 18.2 Å². The lowest BCUT2D eigenvalue weighted by Crippen LogP contribution is -2.79. The van der Waals surface area contributed by atoms with Crippen molar-refractivity contribution in [3.8, 4) is 11.5 Å². The van der Waals surface area contributed by atoms with E-state index in [1.165, 1.54) is 21.3 Å². The quantitative estimate of drug-likeness (QED) is 0.313. The minimum absolute atomic E-state index is 0.157. The van der Waals surface area contributed by atoms with E-state index in [4.69, 9.17) is 33.2 Å². The van der Waals surface area contributed by atoms with Crippen LogP contribution in [0.25, 0.3) is 0 Å². The molecule has 12 heteroatoms. The lowest BCUT2D eigenvalue weighted by molar-refractivity contribution is -0.298. The topological polar surface area (TPSA) is 146 Å². The van der Waals surface area contributed by atoms with Crippen LogP contribution in [0.3, 0.4) is 0 Å². The summed E-state index contributed by atoms with van der Waals surface area (Å²) in [7, 11) is 9.56. The first kappa shape index (κ1) is 32.5. The van der Waals surface area contributed by atoms with Crippen molar-refractivity contribution in [2.45, 2.75) is 73.9 Å². The maximum absolute atomic E-state index is 13.9. The second kappa shape index (κ2) is 11.0. The summed E-state index contributed by atoms with van der Waals surface area (Å²) < 4.78 is 41.8. The molecule has 6 aliphatic rings. The number of hydrogen-bond acceptors (Lipinski definition) is 12. The molecule has 1 aromatic rings. The Labute approximate surface area is 270 Å². The molecule has 5 saturated carbocycles. The van der Waals surface area contributed by atoms with Crippen molar-refractivity contribution in [1.82, 2.24) is 4.90 Å². The van der Waals surface area contributed by atoms with Gasteiger partial charge in [0.25, 0.3) is 0 Å². The van der Waals surface area contributed by atoms with Crippen LogP contribution >= 0.6 is 0 Å². The van der Waals surface area contributed by atoms with Gasteiger partial charge in [-0.3, -0.25) is 4.90 Å². The van der Waals surface area contributed by atoms with E-state index in [0.717, 1.165) is 0 Å². The van der Waals surface area contributed by atoms with E-state index in [-0.39, 0.29) is 36.3 Å². The van der Waals surface area contributed by atoms with Crippen molar-refractivity contribution in [2.24, 2.45) is 34.5 Å². The Morgan fingerprint density at radius 1 is 0.935 bits per heavy atom. The van der Waals surface area contributed by atoms with Gasteiger partial charge in [-0.25, -0.2) is 4.79 Å². The van der Waals surface area contributed by atoms with E-state index < -0.39 is 70.4 Å². The molecule has 7 bridgehead atoms. The Morgan fingerprint density at radius 2 is 1.65 bits per heavy atom. The fourth-order valence-electron chi connectivity index (χ4n) is 12.2. The molecule has 6 fully saturated rings.